The lowest BCUT2D eigenvalue weighted by Gasteiger charge is -2.07. The lowest BCUT2D eigenvalue weighted by atomic mass is 10.2. The van der Waals surface area contributed by atoms with Crippen molar-refractivity contribution in [2.75, 3.05) is 12.4 Å². The van der Waals surface area contributed by atoms with Gasteiger partial charge in [-0.1, -0.05) is 11.6 Å². The molecule has 0 fully saturated rings. The number of sulfonamides is 1. The number of fused-ring (bicyclic) bond motifs is 1. The molecular weight excluding hydrogens is 424 g/mol. The lowest BCUT2D eigenvalue weighted by Crippen LogP contribution is -2.28. The molecule has 1 heterocycles. The number of benzene rings is 2. The Morgan fingerprint density at radius 3 is 2.39 bits per heavy atom. The first kappa shape index (κ1) is 20.1. The highest BCUT2D eigenvalue weighted by Crippen LogP contribution is 2.37. The molecule has 146 valence electrons. The number of amides is 2. The largest absolute Gasteiger partial charge is 0.497 e. The van der Waals surface area contributed by atoms with Gasteiger partial charge in [0.05, 0.1) is 17.0 Å². The number of carbonyl (C=O) groups is 2. The molecule has 0 aliphatic heterocycles. The maximum Gasteiger partial charge on any atom is 0.267 e. The third-order valence-corrected chi connectivity index (χ3v) is 6.86. The molecule has 0 spiro atoms. The third-order valence-electron chi connectivity index (χ3n) is 3.74. The van der Waals surface area contributed by atoms with Gasteiger partial charge >= 0.3 is 0 Å². The van der Waals surface area contributed by atoms with E-state index in [1.54, 1.807) is 19.2 Å². The van der Waals surface area contributed by atoms with Crippen LogP contribution in [0.4, 0.5) is 5.69 Å². The quantitative estimate of drug-likeness (QED) is 0.633. The Labute approximate surface area is 170 Å². The van der Waals surface area contributed by atoms with Crippen LogP contribution in [-0.2, 0) is 14.8 Å². The van der Waals surface area contributed by atoms with E-state index in [4.69, 9.17) is 16.3 Å². The molecule has 0 bridgehead atoms. The average molecular weight is 439 g/mol. The maximum atomic E-state index is 12.6. The second-order valence-corrected chi connectivity index (χ2v) is 8.86. The van der Waals surface area contributed by atoms with Crippen molar-refractivity contribution in [3.63, 3.8) is 0 Å². The number of hydrogen-bond donors (Lipinski definition) is 2. The summed E-state index contributed by atoms with van der Waals surface area (Å²) in [5.41, 5.74) is 0.387. The van der Waals surface area contributed by atoms with Gasteiger partial charge < -0.3 is 10.1 Å². The predicted molar refractivity (Wildman–Crippen MR) is 109 cm³/mol. The summed E-state index contributed by atoms with van der Waals surface area (Å²) >= 11 is 7.60. The number of methoxy groups -OCH3 is 1. The van der Waals surface area contributed by atoms with Crippen LogP contribution in [0.5, 0.6) is 5.75 Å². The van der Waals surface area contributed by atoms with Gasteiger partial charge in [0.1, 0.15) is 10.6 Å². The Bertz CT molecular complexity index is 1170. The smallest absolute Gasteiger partial charge is 0.267 e. The first-order valence-electron chi connectivity index (χ1n) is 7.92. The Morgan fingerprint density at radius 1 is 1.11 bits per heavy atom. The van der Waals surface area contributed by atoms with Gasteiger partial charge in [0, 0.05) is 22.7 Å². The summed E-state index contributed by atoms with van der Waals surface area (Å²) in [6, 6.07) is 10.8. The molecule has 0 unspecified atom stereocenters. The molecule has 0 radical (unpaired) electrons. The van der Waals surface area contributed by atoms with Gasteiger partial charge in [0.15, 0.2) is 0 Å². The Balaban J connectivity index is 1.83. The minimum atomic E-state index is -3.93. The Kier molecular flexibility index (Phi) is 5.59. The second kappa shape index (κ2) is 7.78. The van der Waals surface area contributed by atoms with Crippen LogP contribution in [0.2, 0.25) is 5.02 Å². The number of rotatable bonds is 5. The molecule has 0 aliphatic rings. The molecule has 1 aromatic heterocycles. The minimum Gasteiger partial charge on any atom is -0.497 e. The molecule has 2 amide bonds. The van der Waals surface area contributed by atoms with E-state index >= 15 is 0 Å². The number of ether oxygens (including phenoxy) is 1. The first-order chi connectivity index (χ1) is 13.2. The first-order valence-corrected chi connectivity index (χ1v) is 10.6. The van der Waals surface area contributed by atoms with E-state index in [0.29, 0.717) is 26.7 Å². The number of carbonyl (C=O) groups excluding carboxylic acids is 2. The molecule has 0 aliphatic carbocycles. The standard InChI is InChI=1S/C18H15ClN2O5S2/c1-10(22)21-28(24,25)13-6-3-11(4-7-13)20-18(23)17-16(19)14-9-12(26-2)5-8-15(14)27-17/h3-9H,1-2H3,(H,20,23)(H,21,22). The normalized spacial score (nSPS) is 11.2. The van der Waals surface area contributed by atoms with Gasteiger partial charge in [0.2, 0.25) is 5.91 Å². The molecule has 0 saturated carbocycles. The van der Waals surface area contributed by atoms with Crippen LogP contribution < -0.4 is 14.8 Å². The summed E-state index contributed by atoms with van der Waals surface area (Å²) in [5.74, 6) is -0.467. The molecule has 0 atom stereocenters. The molecule has 7 nitrogen and oxygen atoms in total. The van der Waals surface area contributed by atoms with Crippen molar-refractivity contribution in [1.82, 2.24) is 4.72 Å². The van der Waals surface area contributed by atoms with Crippen molar-refractivity contribution in [3.8, 4) is 5.75 Å². The molecule has 2 aromatic carbocycles. The SMILES string of the molecule is COc1ccc2sc(C(=O)Nc3ccc(S(=O)(=O)NC(C)=O)cc3)c(Cl)c2c1. The number of halogens is 1. The van der Waals surface area contributed by atoms with Crippen LogP contribution in [0.15, 0.2) is 47.4 Å². The fourth-order valence-electron chi connectivity index (χ4n) is 2.47. The maximum absolute atomic E-state index is 12.6. The molecule has 0 saturated heterocycles. The van der Waals surface area contributed by atoms with Gasteiger partial charge in [-0.2, -0.15) is 0 Å². The zero-order chi connectivity index (χ0) is 20.5. The van der Waals surface area contributed by atoms with E-state index in [1.165, 1.54) is 35.6 Å². The summed E-state index contributed by atoms with van der Waals surface area (Å²) in [5, 5.41) is 3.72. The molecule has 10 heteroatoms. The van der Waals surface area contributed by atoms with Gasteiger partial charge in [-0.3, -0.25) is 9.59 Å². The van der Waals surface area contributed by atoms with Crippen LogP contribution in [0, 0.1) is 0 Å². The van der Waals surface area contributed by atoms with E-state index < -0.39 is 21.8 Å². The van der Waals surface area contributed by atoms with Gasteiger partial charge in [0.25, 0.3) is 15.9 Å². The van der Waals surface area contributed by atoms with Crippen molar-refractivity contribution in [2.24, 2.45) is 0 Å². The number of anilines is 1. The zero-order valence-corrected chi connectivity index (χ0v) is 17.2. The highest BCUT2D eigenvalue weighted by molar-refractivity contribution is 7.90. The summed E-state index contributed by atoms with van der Waals surface area (Å²) in [6.07, 6.45) is 0. The van der Waals surface area contributed by atoms with Gasteiger partial charge in [-0.25, -0.2) is 13.1 Å². The van der Waals surface area contributed by atoms with Crippen molar-refractivity contribution in [3.05, 3.63) is 52.4 Å². The van der Waals surface area contributed by atoms with E-state index in [9.17, 15) is 18.0 Å². The molecule has 3 rings (SSSR count). The zero-order valence-electron chi connectivity index (χ0n) is 14.8. The van der Waals surface area contributed by atoms with E-state index in [1.807, 2.05) is 10.8 Å². The second-order valence-electron chi connectivity index (χ2n) is 5.75. The van der Waals surface area contributed by atoms with Crippen molar-refractivity contribution < 1.29 is 22.7 Å². The van der Waals surface area contributed by atoms with Crippen molar-refractivity contribution in [2.45, 2.75) is 11.8 Å². The highest BCUT2D eigenvalue weighted by atomic mass is 35.5. The van der Waals surface area contributed by atoms with Crippen molar-refractivity contribution >= 4 is 60.5 Å². The molecular formula is C18H15ClN2O5S2. The minimum absolute atomic E-state index is 0.0901. The van der Waals surface area contributed by atoms with E-state index in [-0.39, 0.29) is 4.90 Å². The van der Waals surface area contributed by atoms with Crippen LogP contribution in [0.3, 0.4) is 0 Å². The Hall–Kier alpha value is -2.62. The predicted octanol–water partition coefficient (Wildman–Crippen LogP) is 3.64. The monoisotopic (exact) mass is 438 g/mol. The summed E-state index contributed by atoms with van der Waals surface area (Å²) in [6.45, 7) is 1.11. The van der Waals surface area contributed by atoms with Crippen molar-refractivity contribution in [1.29, 1.82) is 0 Å². The summed E-state index contributed by atoms with van der Waals surface area (Å²) in [4.78, 5) is 23.8. The van der Waals surface area contributed by atoms with Crippen LogP contribution in [0.25, 0.3) is 10.1 Å². The van der Waals surface area contributed by atoms with E-state index in [2.05, 4.69) is 5.32 Å². The summed E-state index contributed by atoms with van der Waals surface area (Å²) in [7, 11) is -2.38. The highest BCUT2D eigenvalue weighted by Gasteiger charge is 2.19. The molecule has 3 aromatic rings. The Morgan fingerprint density at radius 2 is 1.79 bits per heavy atom. The van der Waals surface area contributed by atoms with E-state index in [0.717, 1.165) is 11.6 Å². The lowest BCUT2D eigenvalue weighted by molar-refractivity contribution is -0.117. The fraction of sp³-hybridized carbons (Fsp3) is 0.111. The fourth-order valence-corrected chi connectivity index (χ4v) is 4.85. The molecule has 28 heavy (non-hydrogen) atoms. The number of thiophene rings is 1. The average Bonchev–Trinajstić information content (AvgIpc) is 2.97. The van der Waals surface area contributed by atoms with Crippen LogP contribution in [0.1, 0.15) is 16.6 Å². The summed E-state index contributed by atoms with van der Waals surface area (Å²) < 4.78 is 31.8. The van der Waals surface area contributed by atoms with Crippen LogP contribution in [-0.4, -0.2) is 27.3 Å². The van der Waals surface area contributed by atoms with Gasteiger partial charge in [-0.05, 0) is 42.5 Å². The number of nitrogens with one attached hydrogen (secondary N) is 2. The van der Waals surface area contributed by atoms with Gasteiger partial charge in [-0.15, -0.1) is 11.3 Å². The van der Waals surface area contributed by atoms with Crippen LogP contribution >= 0.6 is 22.9 Å². The topological polar surface area (TPSA) is 102 Å². The third kappa shape index (κ3) is 4.11. The molecule has 2 N–H and O–H groups in total. The number of hydrogen-bond acceptors (Lipinski definition) is 6.